The Hall–Kier alpha value is -6.51. The van der Waals surface area contributed by atoms with Crippen LogP contribution in [0.25, 0.3) is 55.0 Å². The zero-order chi connectivity index (χ0) is 38.5. The Morgan fingerprint density at radius 1 is 0.333 bits per heavy atom. The van der Waals surface area contributed by atoms with Gasteiger partial charge in [-0.25, -0.2) is 0 Å². The van der Waals surface area contributed by atoms with E-state index < -0.39 is 0 Å². The normalized spacial score (nSPS) is 12.6. The quantitative estimate of drug-likeness (QED) is 0.161. The Labute approximate surface area is 335 Å². The van der Waals surface area contributed by atoms with Crippen molar-refractivity contribution in [3.8, 4) is 11.4 Å². The number of hydrogen-bond donors (Lipinski definition) is 0. The second-order valence-corrected chi connectivity index (χ2v) is 16.3. The molecule has 4 heteroatoms. The summed E-state index contributed by atoms with van der Waals surface area (Å²) >= 11 is 0. The minimum Gasteiger partial charge on any atom is -0.309 e. The summed E-state index contributed by atoms with van der Waals surface area (Å²) in [7, 11) is 0. The van der Waals surface area contributed by atoms with Gasteiger partial charge in [-0.1, -0.05) is 176 Å². The van der Waals surface area contributed by atoms with E-state index in [4.69, 9.17) is 0 Å². The van der Waals surface area contributed by atoms with Gasteiger partial charge in [-0.15, -0.1) is 0 Å². The Morgan fingerprint density at radius 2 is 0.702 bits per heavy atom. The Bertz CT molecular complexity index is 3160. The largest absolute Gasteiger partial charge is 0.309 e. The fraction of sp³-hybridized carbons (Fsp3) is 0.0943. The number of rotatable bonds is 4. The molecule has 0 saturated heterocycles. The van der Waals surface area contributed by atoms with E-state index in [1.54, 1.807) is 0 Å². The smallest absolute Gasteiger partial charge is 0.240 e. The minimum atomic E-state index is 0.135. The lowest BCUT2D eigenvalue weighted by atomic mass is 9.20. The van der Waals surface area contributed by atoms with Gasteiger partial charge in [0, 0.05) is 32.9 Å². The van der Waals surface area contributed by atoms with Crippen LogP contribution in [0.15, 0.2) is 164 Å². The molecule has 2 aromatic heterocycles. The van der Waals surface area contributed by atoms with Gasteiger partial charge in [0.15, 0.2) is 0 Å². The molecule has 0 atom stereocenters. The summed E-state index contributed by atoms with van der Waals surface area (Å²) in [6.45, 7) is 11.8. The monoisotopic (exact) mass is 728 g/mol. The molecule has 0 amide bonds. The van der Waals surface area contributed by atoms with Crippen molar-refractivity contribution < 1.29 is 0 Å². The van der Waals surface area contributed by atoms with Gasteiger partial charge in [-0.05, 0) is 83.1 Å². The first kappa shape index (κ1) is 33.8. The molecule has 3 heterocycles. The number of benzene rings is 8. The summed E-state index contributed by atoms with van der Waals surface area (Å²) in [4.78, 5) is 0. The van der Waals surface area contributed by atoms with Crippen molar-refractivity contribution >= 4 is 89.8 Å². The molecule has 270 valence electrons. The second kappa shape index (κ2) is 12.8. The van der Waals surface area contributed by atoms with Crippen LogP contribution in [-0.2, 0) is 0 Å². The molecule has 0 aliphatic carbocycles. The molecule has 10 aromatic rings. The Kier molecular flexibility index (Phi) is 7.57. The van der Waals surface area contributed by atoms with Crippen LogP contribution >= 0.6 is 0 Å². The third-order valence-corrected chi connectivity index (χ3v) is 12.9. The first-order chi connectivity index (χ1) is 27.9. The predicted octanol–water partition coefficient (Wildman–Crippen LogP) is 8.77. The summed E-state index contributed by atoms with van der Waals surface area (Å²) in [6.07, 6.45) is 0. The molecule has 2 nitrogen and oxygen atoms in total. The van der Waals surface area contributed by atoms with Crippen molar-refractivity contribution in [1.29, 1.82) is 0 Å². The van der Waals surface area contributed by atoms with Gasteiger partial charge < -0.3 is 9.13 Å². The number of aryl methyl sites for hydroxylation is 5. The Morgan fingerprint density at radius 3 is 1.16 bits per heavy atom. The zero-order valence-electron chi connectivity index (χ0n) is 33.1. The SMILES string of the molecule is Cc1cc(C)c(B2c3ccccc3B(c3c(C)cc(-n4c5ccccc5c5c6c7ccccc7n(-c7ccccc7)c6ccc54)cc3C)c3ccccc32)c(C)c1. The molecule has 11 rings (SSSR count). The fourth-order valence-electron chi connectivity index (χ4n) is 10.9. The molecule has 0 N–H and O–H groups in total. The van der Waals surface area contributed by atoms with Crippen LogP contribution in [0, 0.1) is 34.6 Å². The molecule has 1 aliphatic rings. The summed E-state index contributed by atoms with van der Waals surface area (Å²) < 4.78 is 4.93. The van der Waals surface area contributed by atoms with Gasteiger partial charge in [-0.3, -0.25) is 0 Å². The zero-order valence-corrected chi connectivity index (χ0v) is 33.1. The maximum Gasteiger partial charge on any atom is 0.240 e. The van der Waals surface area contributed by atoms with Crippen LogP contribution in [0.2, 0.25) is 0 Å². The molecular weight excluding hydrogens is 686 g/mol. The molecule has 0 radical (unpaired) electrons. The molecule has 1 aliphatic heterocycles. The van der Waals surface area contributed by atoms with Gasteiger partial charge in [0.25, 0.3) is 0 Å². The number of nitrogens with zero attached hydrogens (tertiary/aromatic N) is 2. The first-order valence-corrected chi connectivity index (χ1v) is 20.3. The molecule has 57 heavy (non-hydrogen) atoms. The third kappa shape index (κ3) is 4.93. The lowest BCUT2D eigenvalue weighted by molar-refractivity contribution is 1.16. The third-order valence-electron chi connectivity index (χ3n) is 12.9. The average molecular weight is 729 g/mol. The first-order valence-electron chi connectivity index (χ1n) is 20.3. The maximum atomic E-state index is 2.50. The van der Waals surface area contributed by atoms with E-state index in [0.29, 0.717) is 0 Å². The molecule has 0 spiro atoms. The topological polar surface area (TPSA) is 9.86 Å². The molecule has 0 fully saturated rings. The van der Waals surface area contributed by atoms with Gasteiger partial charge in [-0.2, -0.15) is 0 Å². The van der Waals surface area contributed by atoms with E-state index in [2.05, 4.69) is 208 Å². The van der Waals surface area contributed by atoms with E-state index in [1.807, 2.05) is 0 Å². The van der Waals surface area contributed by atoms with E-state index in [9.17, 15) is 0 Å². The van der Waals surface area contributed by atoms with Crippen LogP contribution in [0.3, 0.4) is 0 Å². The van der Waals surface area contributed by atoms with Gasteiger partial charge in [0.05, 0.1) is 22.1 Å². The highest BCUT2D eigenvalue weighted by atomic mass is 15.0. The number of hydrogen-bond acceptors (Lipinski definition) is 0. The van der Waals surface area contributed by atoms with Crippen LogP contribution in [-0.4, -0.2) is 22.6 Å². The lowest BCUT2D eigenvalue weighted by Gasteiger charge is -2.34. The van der Waals surface area contributed by atoms with Crippen molar-refractivity contribution in [2.24, 2.45) is 0 Å². The highest BCUT2D eigenvalue weighted by Gasteiger charge is 2.40. The van der Waals surface area contributed by atoms with Crippen molar-refractivity contribution in [3.05, 3.63) is 192 Å². The number of aromatic nitrogens is 2. The van der Waals surface area contributed by atoms with Crippen molar-refractivity contribution in [1.82, 2.24) is 9.13 Å². The lowest BCUT2D eigenvalue weighted by Crippen LogP contribution is -2.75. The summed E-state index contributed by atoms with van der Waals surface area (Å²) in [5, 5.41) is 5.15. The molecular formula is C53H42B2N2. The van der Waals surface area contributed by atoms with Gasteiger partial charge in [0.2, 0.25) is 13.4 Å². The summed E-state index contributed by atoms with van der Waals surface area (Å²) in [5.74, 6) is 0. The standard InChI is InChI=1S/C53H42B2N2/c1-33-29-34(2)52(35(3)30-33)54-42-21-11-13-23-44(42)55(45-24-14-12-22-43(45)54)53-36(4)31-39(32-37(53)5)57-47-26-16-10-20-41(47)51-49(57)28-27-48-50(51)40-19-9-15-25-46(40)56(48)38-17-7-6-8-18-38/h6-32H,1-5H3. The van der Waals surface area contributed by atoms with E-state index in [0.717, 1.165) is 0 Å². The molecule has 8 aromatic carbocycles. The number of fused-ring (bicyclic) bond motifs is 9. The molecule has 0 unspecified atom stereocenters. The van der Waals surface area contributed by atoms with Crippen LogP contribution in [0.5, 0.6) is 0 Å². The highest BCUT2D eigenvalue weighted by Crippen LogP contribution is 2.42. The van der Waals surface area contributed by atoms with Crippen LogP contribution < -0.4 is 32.8 Å². The van der Waals surface area contributed by atoms with Crippen molar-refractivity contribution in [2.45, 2.75) is 34.6 Å². The maximum absolute atomic E-state index is 2.50. The number of para-hydroxylation sites is 3. The summed E-state index contributed by atoms with van der Waals surface area (Å²) in [5.41, 5.74) is 22.5. The van der Waals surface area contributed by atoms with E-state index >= 15 is 0 Å². The predicted molar refractivity (Wildman–Crippen MR) is 247 cm³/mol. The average Bonchev–Trinajstić information content (AvgIpc) is 3.74. The van der Waals surface area contributed by atoms with E-state index in [1.165, 1.54) is 116 Å². The van der Waals surface area contributed by atoms with Crippen LogP contribution in [0.4, 0.5) is 0 Å². The van der Waals surface area contributed by atoms with Crippen molar-refractivity contribution in [2.75, 3.05) is 0 Å². The van der Waals surface area contributed by atoms with E-state index in [-0.39, 0.29) is 13.4 Å². The highest BCUT2D eigenvalue weighted by molar-refractivity contribution is 7.11. The fourth-order valence-corrected chi connectivity index (χ4v) is 10.9. The molecule has 0 saturated carbocycles. The van der Waals surface area contributed by atoms with Gasteiger partial charge in [0.1, 0.15) is 0 Å². The van der Waals surface area contributed by atoms with Crippen molar-refractivity contribution in [3.63, 3.8) is 0 Å². The minimum absolute atomic E-state index is 0.135. The second-order valence-electron chi connectivity index (χ2n) is 16.3. The van der Waals surface area contributed by atoms with Gasteiger partial charge >= 0.3 is 0 Å². The van der Waals surface area contributed by atoms with Crippen LogP contribution in [0.1, 0.15) is 27.8 Å². The Balaban J connectivity index is 1.13. The molecule has 0 bridgehead atoms. The summed E-state index contributed by atoms with van der Waals surface area (Å²) in [6, 6.07) is 61.3.